The van der Waals surface area contributed by atoms with Gasteiger partial charge in [-0.3, -0.25) is 0 Å². The highest BCUT2D eigenvalue weighted by molar-refractivity contribution is 8.06. The van der Waals surface area contributed by atoms with Gasteiger partial charge in [0.05, 0.1) is 6.61 Å². The van der Waals surface area contributed by atoms with Crippen molar-refractivity contribution in [3.05, 3.63) is 35.9 Å². The van der Waals surface area contributed by atoms with Crippen LogP contribution in [0.15, 0.2) is 30.3 Å². The van der Waals surface area contributed by atoms with Gasteiger partial charge in [-0.25, -0.2) is 21.6 Å². The molecule has 0 radical (unpaired) electrons. The normalized spacial score (nSPS) is 14.2. The van der Waals surface area contributed by atoms with E-state index in [0.717, 1.165) is 11.8 Å². The quantitative estimate of drug-likeness (QED) is 0.708. The summed E-state index contributed by atoms with van der Waals surface area (Å²) in [5.41, 5.74) is 0.851. The van der Waals surface area contributed by atoms with Gasteiger partial charge >= 0.3 is 0 Å². The number of sulfone groups is 1. The van der Waals surface area contributed by atoms with E-state index in [1.807, 2.05) is 6.07 Å². The molecule has 19 heavy (non-hydrogen) atoms. The van der Waals surface area contributed by atoms with Crippen LogP contribution in [0.3, 0.4) is 0 Å². The Kier molecular flexibility index (Phi) is 5.48. The van der Waals surface area contributed by atoms with Gasteiger partial charge in [-0.05, 0) is 12.0 Å². The van der Waals surface area contributed by atoms with E-state index >= 15 is 0 Å². The topological polar surface area (TPSA) is 101 Å². The van der Waals surface area contributed by atoms with Gasteiger partial charge < -0.3 is 5.11 Å². The van der Waals surface area contributed by atoms with Crippen molar-refractivity contribution in [3.63, 3.8) is 0 Å². The van der Waals surface area contributed by atoms with E-state index in [4.69, 9.17) is 0 Å². The predicted octanol–water partition coefficient (Wildman–Crippen LogP) is -0.488. The first kappa shape index (κ1) is 16.1. The van der Waals surface area contributed by atoms with Gasteiger partial charge in [0, 0.05) is 12.3 Å². The summed E-state index contributed by atoms with van der Waals surface area (Å²) in [6, 6.07) is 8.28. The van der Waals surface area contributed by atoms with Crippen molar-refractivity contribution in [2.24, 2.45) is 0 Å². The zero-order valence-electron chi connectivity index (χ0n) is 10.5. The van der Waals surface area contributed by atoms with Crippen molar-refractivity contribution < 1.29 is 21.9 Å². The van der Waals surface area contributed by atoms with Crippen LogP contribution in [0.4, 0.5) is 0 Å². The molecule has 0 bridgehead atoms. The van der Waals surface area contributed by atoms with Gasteiger partial charge in [-0.2, -0.15) is 0 Å². The van der Waals surface area contributed by atoms with Crippen molar-refractivity contribution in [1.29, 1.82) is 0 Å². The summed E-state index contributed by atoms with van der Waals surface area (Å²) >= 11 is 0. The third-order valence-electron chi connectivity index (χ3n) is 2.26. The number of aliphatic hydroxyl groups is 1. The van der Waals surface area contributed by atoms with Crippen LogP contribution in [-0.2, 0) is 26.3 Å². The van der Waals surface area contributed by atoms with Crippen molar-refractivity contribution >= 4 is 19.9 Å². The maximum atomic E-state index is 11.6. The second-order valence-corrected chi connectivity index (χ2v) is 8.60. The molecule has 0 saturated carbocycles. The summed E-state index contributed by atoms with van der Waals surface area (Å²) in [7, 11) is -7.61. The fourth-order valence-corrected chi connectivity index (χ4v) is 4.80. The third-order valence-corrected chi connectivity index (χ3v) is 5.91. The van der Waals surface area contributed by atoms with Gasteiger partial charge in [0.25, 0.3) is 0 Å². The summed E-state index contributed by atoms with van der Waals surface area (Å²) in [4.78, 5) is 0. The number of aliphatic hydroxyl groups excluding tert-OH is 1. The first-order valence-electron chi connectivity index (χ1n) is 5.54. The van der Waals surface area contributed by atoms with E-state index < -0.39 is 37.6 Å². The highest BCUT2D eigenvalue weighted by Gasteiger charge is 2.22. The lowest BCUT2D eigenvalue weighted by Gasteiger charge is -2.16. The third kappa shape index (κ3) is 6.67. The molecule has 6 nitrogen and oxygen atoms in total. The molecule has 0 fully saturated rings. The molecule has 0 aromatic heterocycles. The Hall–Kier alpha value is -0.960. The number of nitrogens with one attached hydrogen (secondary N) is 1. The van der Waals surface area contributed by atoms with E-state index in [1.54, 1.807) is 24.3 Å². The number of hydrogen-bond donors (Lipinski definition) is 2. The van der Waals surface area contributed by atoms with Gasteiger partial charge in [0.15, 0.2) is 14.9 Å². The second-order valence-electron chi connectivity index (χ2n) is 4.35. The maximum absolute atomic E-state index is 11.6. The smallest absolute Gasteiger partial charge is 0.226 e. The Morgan fingerprint density at radius 2 is 1.74 bits per heavy atom. The summed E-state index contributed by atoms with van der Waals surface area (Å²) in [6.07, 6.45) is 1.14. The van der Waals surface area contributed by atoms with E-state index in [2.05, 4.69) is 4.72 Å². The Labute approximate surface area is 113 Å². The molecular weight excluding hydrogens is 290 g/mol. The summed E-state index contributed by atoms with van der Waals surface area (Å²) in [6.45, 7) is -0.405. The van der Waals surface area contributed by atoms with Crippen molar-refractivity contribution in [3.8, 4) is 0 Å². The SMILES string of the molecule is CS(=O)(=O)CS(=O)(=O)NC(CO)Cc1ccccc1. The molecule has 0 amide bonds. The Balaban J connectivity index is 2.72. The zero-order chi connectivity index (χ0) is 14.5. The van der Waals surface area contributed by atoms with Gasteiger partial charge in [0.1, 0.15) is 0 Å². The first-order chi connectivity index (χ1) is 8.72. The predicted molar refractivity (Wildman–Crippen MR) is 72.8 cm³/mol. The minimum Gasteiger partial charge on any atom is -0.395 e. The highest BCUT2D eigenvalue weighted by atomic mass is 32.3. The molecule has 1 aromatic rings. The fraction of sp³-hybridized carbons (Fsp3) is 0.455. The minimum atomic E-state index is -3.97. The number of hydrogen-bond acceptors (Lipinski definition) is 5. The molecule has 1 unspecified atom stereocenters. The van der Waals surface area contributed by atoms with Crippen LogP contribution in [0.25, 0.3) is 0 Å². The van der Waals surface area contributed by atoms with Crippen LogP contribution in [0, 0.1) is 0 Å². The highest BCUT2D eigenvalue weighted by Crippen LogP contribution is 2.04. The largest absolute Gasteiger partial charge is 0.395 e. The molecule has 108 valence electrons. The monoisotopic (exact) mass is 307 g/mol. The van der Waals surface area contributed by atoms with Crippen LogP contribution in [-0.4, -0.2) is 45.9 Å². The Morgan fingerprint density at radius 3 is 2.21 bits per heavy atom. The van der Waals surface area contributed by atoms with Crippen molar-refractivity contribution in [2.45, 2.75) is 12.5 Å². The van der Waals surface area contributed by atoms with E-state index in [-0.39, 0.29) is 0 Å². The number of sulfonamides is 1. The number of rotatable bonds is 7. The number of benzene rings is 1. The first-order valence-corrected chi connectivity index (χ1v) is 9.25. The summed E-state index contributed by atoms with van der Waals surface area (Å²) in [5, 5.41) is 8.19. The van der Waals surface area contributed by atoms with Gasteiger partial charge in [-0.1, -0.05) is 30.3 Å². The zero-order valence-corrected chi connectivity index (χ0v) is 12.1. The lowest BCUT2D eigenvalue weighted by molar-refractivity contribution is 0.256. The van der Waals surface area contributed by atoms with Crippen molar-refractivity contribution in [2.75, 3.05) is 17.9 Å². The molecule has 2 N–H and O–H groups in total. The van der Waals surface area contributed by atoms with Crippen LogP contribution in [0.2, 0.25) is 0 Å². The lowest BCUT2D eigenvalue weighted by Crippen LogP contribution is -2.41. The maximum Gasteiger partial charge on any atom is 0.226 e. The van der Waals surface area contributed by atoms with E-state index in [0.29, 0.717) is 6.42 Å². The van der Waals surface area contributed by atoms with Gasteiger partial charge in [-0.15, -0.1) is 0 Å². The molecule has 1 atom stereocenters. The molecule has 0 saturated heterocycles. The average molecular weight is 307 g/mol. The van der Waals surface area contributed by atoms with Crippen LogP contribution in [0.1, 0.15) is 5.56 Å². The van der Waals surface area contributed by atoms with Gasteiger partial charge in [0.2, 0.25) is 10.0 Å². The standard InChI is InChI=1S/C11H17NO5S2/c1-18(14,15)9-19(16,17)12-11(8-13)7-10-5-3-2-4-6-10/h2-6,11-13H,7-9H2,1H3. The Bertz CT molecular complexity index is 595. The van der Waals surface area contributed by atoms with Crippen LogP contribution in [0.5, 0.6) is 0 Å². The molecule has 0 aliphatic carbocycles. The molecule has 8 heteroatoms. The molecule has 0 spiro atoms. The summed E-state index contributed by atoms with van der Waals surface area (Å²) < 4.78 is 47.4. The molecule has 0 aliphatic rings. The van der Waals surface area contributed by atoms with E-state index in [1.165, 1.54) is 0 Å². The summed E-state index contributed by atoms with van der Waals surface area (Å²) in [5.74, 6) is 0. The molecule has 0 heterocycles. The lowest BCUT2D eigenvalue weighted by atomic mass is 10.1. The molecule has 1 aromatic carbocycles. The minimum absolute atomic E-state index is 0.292. The molecule has 1 rings (SSSR count). The molecular formula is C11H17NO5S2. The van der Waals surface area contributed by atoms with Crippen LogP contribution < -0.4 is 4.72 Å². The Morgan fingerprint density at radius 1 is 1.16 bits per heavy atom. The van der Waals surface area contributed by atoms with Crippen LogP contribution >= 0.6 is 0 Å². The molecule has 0 aliphatic heterocycles. The second kappa shape index (κ2) is 6.47. The van der Waals surface area contributed by atoms with E-state index in [9.17, 15) is 21.9 Å². The average Bonchev–Trinajstić information content (AvgIpc) is 2.25. The fourth-order valence-electron chi connectivity index (χ4n) is 1.61. The van der Waals surface area contributed by atoms with Crippen molar-refractivity contribution in [1.82, 2.24) is 4.72 Å².